The topological polar surface area (TPSA) is 97.1 Å². The van der Waals surface area contributed by atoms with Crippen molar-refractivity contribution < 1.29 is 27.9 Å². The molecule has 2 N–H and O–H groups in total. The van der Waals surface area contributed by atoms with Gasteiger partial charge in [0.1, 0.15) is 6.04 Å². The third kappa shape index (κ3) is 3.71. The molecule has 1 heterocycles. The van der Waals surface area contributed by atoms with Crippen LogP contribution in [0.1, 0.15) is 5.69 Å². The van der Waals surface area contributed by atoms with Crippen LogP contribution in [0.15, 0.2) is 6.20 Å². The number of carboxylic acids is 1. The molecule has 1 amide bonds. The average Bonchev–Trinajstić information content (AvgIpc) is 2.61. The Balaban J connectivity index is 2.73. The number of nitrogens with zero attached hydrogens (tertiary/aromatic N) is 3. The lowest BCUT2D eigenvalue weighted by Crippen LogP contribution is -2.47. The van der Waals surface area contributed by atoms with Crippen molar-refractivity contribution in [3.05, 3.63) is 11.9 Å². The minimum atomic E-state index is -5.13. The van der Waals surface area contributed by atoms with E-state index in [2.05, 4.69) is 10.3 Å². The van der Waals surface area contributed by atoms with E-state index in [4.69, 9.17) is 5.11 Å². The van der Waals surface area contributed by atoms with Crippen LogP contribution in [-0.2, 0) is 23.1 Å². The summed E-state index contributed by atoms with van der Waals surface area (Å²) in [5.74, 6) is -3.89. The molecule has 0 aliphatic rings. The highest BCUT2D eigenvalue weighted by Crippen LogP contribution is 2.15. The van der Waals surface area contributed by atoms with Crippen molar-refractivity contribution >= 4 is 11.9 Å². The first-order chi connectivity index (χ1) is 8.20. The molecule has 0 bridgehead atoms. The number of amides is 1. The van der Waals surface area contributed by atoms with Gasteiger partial charge in [-0.3, -0.25) is 9.48 Å². The number of aryl methyl sites for hydroxylation is 1. The minimum Gasteiger partial charge on any atom is -0.480 e. The molecule has 10 heteroatoms. The van der Waals surface area contributed by atoms with Crippen LogP contribution in [-0.4, -0.2) is 44.2 Å². The number of hydrogen-bond acceptors (Lipinski definition) is 4. The molecule has 0 spiro atoms. The molecule has 7 nitrogen and oxygen atoms in total. The van der Waals surface area contributed by atoms with E-state index in [1.54, 1.807) is 0 Å². The van der Waals surface area contributed by atoms with E-state index < -0.39 is 24.1 Å². The number of carbonyl (C=O) groups excluding carboxylic acids is 1. The number of halogens is 3. The van der Waals surface area contributed by atoms with E-state index in [0.717, 1.165) is 0 Å². The van der Waals surface area contributed by atoms with E-state index in [1.807, 2.05) is 0 Å². The van der Waals surface area contributed by atoms with Crippen molar-refractivity contribution in [2.45, 2.75) is 18.6 Å². The summed E-state index contributed by atoms with van der Waals surface area (Å²) in [6.45, 7) is 0. The second-order valence-electron chi connectivity index (χ2n) is 3.45. The van der Waals surface area contributed by atoms with Crippen LogP contribution in [0.4, 0.5) is 13.2 Å². The monoisotopic (exact) mass is 266 g/mol. The van der Waals surface area contributed by atoms with Crippen LogP contribution in [0.25, 0.3) is 0 Å². The SMILES string of the molecule is Cn1cc(CC(NC(=O)C(F)(F)F)C(=O)O)nn1. The Kier molecular flexibility index (Phi) is 3.89. The number of hydrogen-bond donors (Lipinski definition) is 2. The highest BCUT2D eigenvalue weighted by atomic mass is 19.4. The summed E-state index contributed by atoms with van der Waals surface area (Å²) in [5.41, 5.74) is 0.160. The maximum absolute atomic E-state index is 12.0. The summed E-state index contributed by atoms with van der Waals surface area (Å²) in [6.07, 6.45) is -4.17. The fourth-order valence-corrected chi connectivity index (χ4v) is 1.14. The molecule has 1 aromatic heterocycles. The molecule has 0 saturated heterocycles. The fourth-order valence-electron chi connectivity index (χ4n) is 1.14. The van der Waals surface area contributed by atoms with Gasteiger partial charge in [-0.05, 0) is 0 Å². The standard InChI is InChI=1S/C8H9F3N4O3/c1-15-3-4(13-14-15)2-5(6(16)17)12-7(18)8(9,10)11/h3,5H,2H2,1H3,(H,12,18)(H,16,17). The molecule has 0 fully saturated rings. The van der Waals surface area contributed by atoms with Gasteiger partial charge >= 0.3 is 18.1 Å². The number of carbonyl (C=O) groups is 2. The quantitative estimate of drug-likeness (QED) is 0.765. The maximum atomic E-state index is 12.0. The molecule has 18 heavy (non-hydrogen) atoms. The van der Waals surface area contributed by atoms with Crippen LogP contribution >= 0.6 is 0 Å². The summed E-state index contributed by atoms with van der Waals surface area (Å²) >= 11 is 0. The van der Waals surface area contributed by atoms with Crippen LogP contribution in [0.2, 0.25) is 0 Å². The predicted octanol–water partition coefficient (Wildman–Crippen LogP) is -0.511. The minimum absolute atomic E-state index is 0.160. The Bertz CT molecular complexity index is 457. The summed E-state index contributed by atoms with van der Waals surface area (Å²) in [4.78, 5) is 21.4. The summed E-state index contributed by atoms with van der Waals surface area (Å²) in [5, 5.41) is 17.1. The Hall–Kier alpha value is -2.13. The zero-order valence-corrected chi connectivity index (χ0v) is 9.10. The Morgan fingerprint density at radius 1 is 1.56 bits per heavy atom. The number of aromatic nitrogens is 3. The first-order valence-corrected chi connectivity index (χ1v) is 4.66. The van der Waals surface area contributed by atoms with Gasteiger partial charge < -0.3 is 10.4 Å². The first-order valence-electron chi connectivity index (χ1n) is 4.66. The molecule has 0 aliphatic carbocycles. The highest BCUT2D eigenvalue weighted by Gasteiger charge is 2.40. The van der Waals surface area contributed by atoms with Gasteiger partial charge in [0.15, 0.2) is 0 Å². The van der Waals surface area contributed by atoms with Crippen LogP contribution in [0, 0.1) is 0 Å². The molecular weight excluding hydrogens is 257 g/mol. The molecule has 0 aromatic carbocycles. The Morgan fingerprint density at radius 2 is 2.17 bits per heavy atom. The van der Waals surface area contributed by atoms with Crippen LogP contribution < -0.4 is 5.32 Å². The molecule has 0 aliphatic heterocycles. The van der Waals surface area contributed by atoms with Gasteiger partial charge in [-0.1, -0.05) is 5.21 Å². The smallest absolute Gasteiger partial charge is 0.471 e. The molecule has 1 rings (SSSR count). The molecule has 100 valence electrons. The van der Waals surface area contributed by atoms with Gasteiger partial charge in [-0.15, -0.1) is 5.10 Å². The number of rotatable bonds is 4. The van der Waals surface area contributed by atoms with Crippen molar-refractivity contribution in [1.82, 2.24) is 20.3 Å². The van der Waals surface area contributed by atoms with E-state index in [0.29, 0.717) is 0 Å². The lowest BCUT2D eigenvalue weighted by Gasteiger charge is -2.14. The van der Waals surface area contributed by atoms with Gasteiger partial charge in [0.25, 0.3) is 0 Å². The molecule has 1 unspecified atom stereocenters. The molecule has 0 saturated carbocycles. The predicted molar refractivity (Wildman–Crippen MR) is 50.3 cm³/mol. The van der Waals surface area contributed by atoms with Crippen molar-refractivity contribution in [2.75, 3.05) is 0 Å². The molecule has 1 aromatic rings. The van der Waals surface area contributed by atoms with Crippen LogP contribution in [0.3, 0.4) is 0 Å². The molecule has 1 atom stereocenters. The third-order valence-corrected chi connectivity index (χ3v) is 1.92. The normalized spacial score (nSPS) is 13.1. The van der Waals surface area contributed by atoms with Gasteiger partial charge in [-0.25, -0.2) is 4.79 Å². The average molecular weight is 266 g/mol. The maximum Gasteiger partial charge on any atom is 0.471 e. The van der Waals surface area contributed by atoms with Gasteiger partial charge in [0.05, 0.1) is 5.69 Å². The first kappa shape index (κ1) is 13.9. The summed E-state index contributed by atoms with van der Waals surface area (Å²) in [7, 11) is 1.51. The second-order valence-corrected chi connectivity index (χ2v) is 3.45. The Morgan fingerprint density at radius 3 is 2.56 bits per heavy atom. The summed E-state index contributed by atoms with van der Waals surface area (Å²) in [6, 6.07) is -1.71. The third-order valence-electron chi connectivity index (χ3n) is 1.92. The van der Waals surface area contributed by atoms with Gasteiger partial charge in [0, 0.05) is 19.7 Å². The van der Waals surface area contributed by atoms with Crippen LogP contribution in [0.5, 0.6) is 0 Å². The van der Waals surface area contributed by atoms with Gasteiger partial charge in [-0.2, -0.15) is 13.2 Å². The number of aliphatic carboxylic acids is 1. The van der Waals surface area contributed by atoms with E-state index >= 15 is 0 Å². The lowest BCUT2D eigenvalue weighted by atomic mass is 10.1. The van der Waals surface area contributed by atoms with E-state index in [-0.39, 0.29) is 12.1 Å². The summed E-state index contributed by atoms with van der Waals surface area (Å²) < 4.78 is 37.2. The zero-order valence-electron chi connectivity index (χ0n) is 9.10. The van der Waals surface area contributed by atoms with Crippen molar-refractivity contribution in [3.63, 3.8) is 0 Å². The number of carboxylic acid groups (broad SMARTS) is 1. The van der Waals surface area contributed by atoms with Crippen molar-refractivity contribution in [3.8, 4) is 0 Å². The largest absolute Gasteiger partial charge is 0.480 e. The lowest BCUT2D eigenvalue weighted by molar-refractivity contribution is -0.175. The van der Waals surface area contributed by atoms with Gasteiger partial charge in [0.2, 0.25) is 0 Å². The van der Waals surface area contributed by atoms with E-state index in [1.165, 1.54) is 23.2 Å². The highest BCUT2D eigenvalue weighted by molar-refractivity contribution is 5.87. The second kappa shape index (κ2) is 5.02. The Labute approximate surface area is 98.6 Å². The van der Waals surface area contributed by atoms with Crippen molar-refractivity contribution in [1.29, 1.82) is 0 Å². The fraction of sp³-hybridized carbons (Fsp3) is 0.500. The molecular formula is C8H9F3N4O3. The number of nitrogens with one attached hydrogen (secondary N) is 1. The number of alkyl halides is 3. The van der Waals surface area contributed by atoms with Crippen molar-refractivity contribution in [2.24, 2.45) is 7.05 Å². The molecule has 0 radical (unpaired) electrons. The zero-order chi connectivity index (χ0) is 13.9. The van der Waals surface area contributed by atoms with E-state index in [9.17, 15) is 22.8 Å².